The number of benzene rings is 1. The summed E-state index contributed by atoms with van der Waals surface area (Å²) in [4.78, 5) is 12.3. The van der Waals surface area contributed by atoms with Gasteiger partial charge in [-0.25, -0.2) is 4.79 Å². The van der Waals surface area contributed by atoms with E-state index in [1.807, 2.05) is 26.1 Å². The van der Waals surface area contributed by atoms with Crippen molar-refractivity contribution in [1.29, 1.82) is 0 Å². The molecule has 1 unspecified atom stereocenters. The molecule has 0 fully saturated rings. The average Bonchev–Trinajstić information content (AvgIpc) is 2.87. The van der Waals surface area contributed by atoms with Crippen molar-refractivity contribution in [3.8, 4) is 0 Å². The monoisotopic (exact) mass is 328 g/mol. The van der Waals surface area contributed by atoms with E-state index in [0.29, 0.717) is 13.2 Å². The van der Waals surface area contributed by atoms with Crippen molar-refractivity contribution < 1.29 is 9.53 Å². The number of ether oxygens (including phenoxy) is 1. The Morgan fingerprint density at radius 3 is 2.96 bits per heavy atom. The molecule has 0 saturated carbocycles. The van der Waals surface area contributed by atoms with Crippen LogP contribution >= 0.6 is 0 Å². The van der Waals surface area contributed by atoms with Crippen molar-refractivity contribution in [1.82, 2.24) is 15.1 Å². The van der Waals surface area contributed by atoms with Crippen LogP contribution in [-0.4, -0.2) is 29.0 Å². The summed E-state index contributed by atoms with van der Waals surface area (Å²) < 4.78 is 7.52. The third-order valence-electron chi connectivity index (χ3n) is 4.49. The van der Waals surface area contributed by atoms with Crippen LogP contribution in [0.2, 0.25) is 0 Å². The molecule has 1 aliphatic heterocycles. The molecule has 2 aromatic rings. The van der Waals surface area contributed by atoms with Crippen LogP contribution in [0.25, 0.3) is 0 Å². The largest absolute Gasteiger partial charge is 0.371 e. The van der Waals surface area contributed by atoms with E-state index in [2.05, 4.69) is 34.8 Å². The lowest BCUT2D eigenvalue weighted by Crippen LogP contribution is -2.35. The first-order valence-electron chi connectivity index (χ1n) is 8.36. The average molecular weight is 328 g/mol. The first-order valence-corrected chi connectivity index (χ1v) is 8.36. The van der Waals surface area contributed by atoms with Gasteiger partial charge in [-0.15, -0.1) is 0 Å². The highest BCUT2D eigenvalue weighted by Gasteiger charge is 2.21. The van der Waals surface area contributed by atoms with Crippen LogP contribution in [0.3, 0.4) is 0 Å². The molecule has 2 heterocycles. The van der Waals surface area contributed by atoms with Gasteiger partial charge < -0.3 is 10.1 Å². The van der Waals surface area contributed by atoms with Gasteiger partial charge in [-0.1, -0.05) is 31.2 Å². The molecule has 0 saturated heterocycles. The van der Waals surface area contributed by atoms with Gasteiger partial charge in [-0.3, -0.25) is 10.00 Å². The molecular formula is C18H24N4O2. The molecule has 2 N–H and O–H groups in total. The molecule has 1 atom stereocenters. The van der Waals surface area contributed by atoms with E-state index in [0.717, 1.165) is 35.5 Å². The number of carbonyl (C=O) groups is 1. The molecule has 24 heavy (non-hydrogen) atoms. The minimum Gasteiger partial charge on any atom is -0.371 e. The summed E-state index contributed by atoms with van der Waals surface area (Å²) >= 11 is 0. The van der Waals surface area contributed by atoms with E-state index in [1.54, 1.807) is 4.68 Å². The van der Waals surface area contributed by atoms with Gasteiger partial charge in [0.2, 0.25) is 0 Å². The maximum atomic E-state index is 12.3. The number of rotatable bonds is 4. The van der Waals surface area contributed by atoms with Crippen LogP contribution in [0.5, 0.6) is 0 Å². The SMILES string of the molecule is CCc1nn(C)c(NC(=O)NCC2OCCc3ccccc32)c1C. The maximum Gasteiger partial charge on any atom is 0.320 e. The van der Waals surface area contributed by atoms with Crippen molar-refractivity contribution >= 4 is 11.8 Å². The quantitative estimate of drug-likeness (QED) is 0.907. The number of aromatic nitrogens is 2. The minimum absolute atomic E-state index is 0.0977. The molecular weight excluding hydrogens is 304 g/mol. The number of anilines is 1. The van der Waals surface area contributed by atoms with Crippen LogP contribution in [0, 0.1) is 6.92 Å². The third kappa shape index (κ3) is 3.28. The van der Waals surface area contributed by atoms with Crippen molar-refractivity contribution in [2.75, 3.05) is 18.5 Å². The summed E-state index contributed by atoms with van der Waals surface area (Å²) in [6, 6.07) is 7.99. The molecule has 2 amide bonds. The third-order valence-corrected chi connectivity index (χ3v) is 4.49. The first-order chi connectivity index (χ1) is 11.6. The zero-order chi connectivity index (χ0) is 17.1. The molecule has 6 heteroatoms. The highest BCUT2D eigenvalue weighted by Crippen LogP contribution is 2.26. The Hall–Kier alpha value is -2.34. The number of aryl methyl sites for hydroxylation is 2. The van der Waals surface area contributed by atoms with Crippen LogP contribution in [0.4, 0.5) is 10.6 Å². The van der Waals surface area contributed by atoms with Gasteiger partial charge in [0.05, 0.1) is 12.3 Å². The van der Waals surface area contributed by atoms with E-state index in [-0.39, 0.29) is 12.1 Å². The first kappa shape index (κ1) is 16.5. The molecule has 3 rings (SSSR count). The van der Waals surface area contributed by atoms with Gasteiger partial charge >= 0.3 is 6.03 Å². The standard InChI is InChI=1S/C18H24N4O2/c1-4-15-12(2)17(22(3)21-15)20-18(23)19-11-16-14-8-6-5-7-13(14)9-10-24-16/h5-8,16H,4,9-11H2,1-3H3,(H2,19,20,23). The van der Waals surface area contributed by atoms with Crippen molar-refractivity contribution in [2.45, 2.75) is 32.8 Å². The highest BCUT2D eigenvalue weighted by atomic mass is 16.5. The molecule has 0 bridgehead atoms. The maximum absolute atomic E-state index is 12.3. The van der Waals surface area contributed by atoms with Gasteiger partial charge in [0, 0.05) is 19.2 Å². The molecule has 128 valence electrons. The van der Waals surface area contributed by atoms with Crippen LogP contribution < -0.4 is 10.6 Å². The van der Waals surface area contributed by atoms with Crippen molar-refractivity contribution in [3.63, 3.8) is 0 Å². The Bertz CT molecular complexity index is 739. The lowest BCUT2D eigenvalue weighted by atomic mass is 9.98. The lowest BCUT2D eigenvalue weighted by molar-refractivity contribution is 0.0444. The second kappa shape index (κ2) is 7.05. The van der Waals surface area contributed by atoms with Gasteiger partial charge in [0.1, 0.15) is 11.9 Å². The Kier molecular flexibility index (Phi) is 4.85. The van der Waals surface area contributed by atoms with Crippen LogP contribution in [0.15, 0.2) is 24.3 Å². The second-order valence-electron chi connectivity index (χ2n) is 6.04. The number of urea groups is 1. The Balaban J connectivity index is 1.62. The Morgan fingerprint density at radius 2 is 2.21 bits per heavy atom. The molecule has 1 aliphatic rings. The van der Waals surface area contributed by atoms with Gasteiger partial charge in [0.15, 0.2) is 0 Å². The number of carbonyl (C=O) groups excluding carboxylic acids is 1. The normalized spacial score (nSPS) is 16.5. The summed E-state index contributed by atoms with van der Waals surface area (Å²) in [7, 11) is 1.84. The van der Waals surface area contributed by atoms with E-state index in [4.69, 9.17) is 4.74 Å². The number of fused-ring (bicyclic) bond motifs is 1. The summed E-state index contributed by atoms with van der Waals surface area (Å²) in [5.41, 5.74) is 4.46. The fourth-order valence-corrected chi connectivity index (χ4v) is 3.18. The second-order valence-corrected chi connectivity index (χ2v) is 6.04. The molecule has 1 aromatic heterocycles. The van der Waals surface area contributed by atoms with Crippen molar-refractivity contribution in [2.24, 2.45) is 7.05 Å². The molecule has 1 aromatic carbocycles. The summed E-state index contributed by atoms with van der Waals surface area (Å²) in [5, 5.41) is 10.2. The predicted molar refractivity (Wildman–Crippen MR) is 93.2 cm³/mol. The van der Waals surface area contributed by atoms with Crippen LogP contribution in [0.1, 0.15) is 35.4 Å². The molecule has 0 radical (unpaired) electrons. The Morgan fingerprint density at radius 1 is 1.42 bits per heavy atom. The van der Waals surface area contributed by atoms with E-state index >= 15 is 0 Å². The molecule has 0 spiro atoms. The smallest absolute Gasteiger partial charge is 0.320 e. The highest BCUT2D eigenvalue weighted by molar-refractivity contribution is 5.89. The minimum atomic E-state index is -0.240. The lowest BCUT2D eigenvalue weighted by Gasteiger charge is -2.26. The summed E-state index contributed by atoms with van der Waals surface area (Å²) in [6.45, 7) is 5.16. The van der Waals surface area contributed by atoms with E-state index in [1.165, 1.54) is 5.56 Å². The van der Waals surface area contributed by atoms with Crippen molar-refractivity contribution in [3.05, 3.63) is 46.6 Å². The predicted octanol–water partition coefficient (Wildman–Crippen LogP) is 2.73. The fourth-order valence-electron chi connectivity index (χ4n) is 3.18. The zero-order valence-corrected chi connectivity index (χ0v) is 14.4. The van der Waals surface area contributed by atoms with Gasteiger partial charge in [0.25, 0.3) is 0 Å². The Labute approximate surface area is 142 Å². The fraction of sp³-hybridized carbons (Fsp3) is 0.444. The number of nitrogens with zero attached hydrogens (tertiary/aromatic N) is 2. The van der Waals surface area contributed by atoms with Crippen LogP contribution in [-0.2, 0) is 24.6 Å². The zero-order valence-electron chi connectivity index (χ0n) is 14.4. The number of hydrogen-bond acceptors (Lipinski definition) is 3. The number of hydrogen-bond donors (Lipinski definition) is 2. The van der Waals surface area contributed by atoms with Gasteiger partial charge in [-0.2, -0.15) is 5.10 Å². The summed E-state index contributed by atoms with van der Waals surface area (Å²) in [5.74, 6) is 0.731. The number of nitrogens with one attached hydrogen (secondary N) is 2. The van der Waals surface area contributed by atoms with E-state index < -0.39 is 0 Å². The molecule has 0 aliphatic carbocycles. The molecule has 6 nitrogen and oxygen atoms in total. The summed E-state index contributed by atoms with van der Waals surface area (Å²) in [6.07, 6.45) is 1.67. The topological polar surface area (TPSA) is 68.2 Å². The van der Waals surface area contributed by atoms with Gasteiger partial charge in [-0.05, 0) is 30.9 Å². The van der Waals surface area contributed by atoms with E-state index in [9.17, 15) is 4.79 Å². The number of amides is 2.